The third kappa shape index (κ3) is 2.87. The summed E-state index contributed by atoms with van der Waals surface area (Å²) in [5.74, 6) is 0.819. The van der Waals surface area contributed by atoms with Crippen molar-refractivity contribution in [1.82, 2.24) is 9.80 Å². The van der Waals surface area contributed by atoms with E-state index < -0.39 is 0 Å². The minimum absolute atomic E-state index is 0.0206. The predicted molar refractivity (Wildman–Crippen MR) is 77.2 cm³/mol. The molecule has 3 nitrogen and oxygen atoms in total. The fourth-order valence-electron chi connectivity index (χ4n) is 4.29. The molecule has 2 heterocycles. The normalized spacial score (nSPS) is 41.1. The van der Waals surface area contributed by atoms with E-state index in [1.807, 2.05) is 0 Å². The van der Waals surface area contributed by atoms with Gasteiger partial charge in [-0.1, -0.05) is 6.92 Å². The van der Waals surface area contributed by atoms with Crippen LogP contribution in [0.1, 0.15) is 45.4 Å². The number of nitrogens with zero attached hydrogens (tertiary/aromatic N) is 2. The minimum atomic E-state index is -0.0206. The fraction of sp³-hybridized carbons (Fsp3) is 0.938. The van der Waals surface area contributed by atoms with Gasteiger partial charge in [0.25, 0.3) is 0 Å². The molecule has 0 aromatic heterocycles. The van der Waals surface area contributed by atoms with E-state index in [1.165, 1.54) is 58.1 Å². The highest BCUT2D eigenvalue weighted by molar-refractivity contribution is 5.60. The van der Waals surface area contributed by atoms with Crippen LogP contribution in [-0.4, -0.2) is 54.9 Å². The van der Waals surface area contributed by atoms with Crippen LogP contribution >= 0.6 is 0 Å². The van der Waals surface area contributed by atoms with Gasteiger partial charge in [0.1, 0.15) is 6.29 Å². The Balaban J connectivity index is 1.58. The van der Waals surface area contributed by atoms with Crippen molar-refractivity contribution in [2.45, 2.75) is 51.5 Å². The molecule has 0 amide bonds. The molecule has 0 N–H and O–H groups in total. The van der Waals surface area contributed by atoms with Crippen molar-refractivity contribution in [3.8, 4) is 0 Å². The summed E-state index contributed by atoms with van der Waals surface area (Å²) in [7, 11) is 0. The van der Waals surface area contributed by atoms with E-state index in [1.54, 1.807) is 0 Å². The van der Waals surface area contributed by atoms with E-state index in [9.17, 15) is 4.79 Å². The zero-order valence-corrected chi connectivity index (χ0v) is 12.3. The predicted octanol–water partition coefficient (Wildman–Crippen LogP) is 2.16. The van der Waals surface area contributed by atoms with Crippen LogP contribution in [0, 0.1) is 11.3 Å². The Kier molecular flexibility index (Phi) is 3.95. The van der Waals surface area contributed by atoms with E-state index in [0.29, 0.717) is 0 Å². The van der Waals surface area contributed by atoms with Crippen LogP contribution in [0.3, 0.4) is 0 Å². The Hall–Kier alpha value is -0.410. The van der Waals surface area contributed by atoms with Crippen molar-refractivity contribution in [2.75, 3.05) is 32.7 Å². The fourth-order valence-corrected chi connectivity index (χ4v) is 4.29. The molecule has 1 aliphatic carbocycles. The smallest absolute Gasteiger partial charge is 0.127 e. The summed E-state index contributed by atoms with van der Waals surface area (Å²) in [4.78, 5) is 16.9. The standard InChI is InChI=1S/C16H28N2O/c1-14-4-6-16(13-19,7-5-14)12-17-9-10-18-8-2-3-15(18)11-17/h13-15H,2-12H2,1H3. The first-order valence-corrected chi connectivity index (χ1v) is 8.13. The number of hydrogen-bond acceptors (Lipinski definition) is 3. The topological polar surface area (TPSA) is 23.6 Å². The lowest BCUT2D eigenvalue weighted by Crippen LogP contribution is -2.53. The first-order valence-electron chi connectivity index (χ1n) is 8.13. The Morgan fingerprint density at radius 1 is 1.16 bits per heavy atom. The van der Waals surface area contributed by atoms with Gasteiger partial charge >= 0.3 is 0 Å². The number of rotatable bonds is 3. The summed E-state index contributed by atoms with van der Waals surface area (Å²) in [6, 6.07) is 0.778. The van der Waals surface area contributed by atoms with Gasteiger partial charge in [-0.3, -0.25) is 9.80 Å². The Bertz CT molecular complexity index is 323. The first-order chi connectivity index (χ1) is 9.21. The molecular formula is C16H28N2O. The zero-order valence-electron chi connectivity index (χ0n) is 12.3. The van der Waals surface area contributed by atoms with Crippen LogP contribution in [0.4, 0.5) is 0 Å². The molecule has 3 fully saturated rings. The second-order valence-corrected chi connectivity index (χ2v) is 7.23. The van der Waals surface area contributed by atoms with E-state index in [4.69, 9.17) is 0 Å². The lowest BCUT2D eigenvalue weighted by atomic mass is 9.71. The maximum Gasteiger partial charge on any atom is 0.127 e. The Morgan fingerprint density at radius 3 is 2.68 bits per heavy atom. The summed E-state index contributed by atoms with van der Waals surface area (Å²) in [5, 5.41) is 0. The van der Waals surface area contributed by atoms with Gasteiger partial charge in [0.05, 0.1) is 0 Å². The van der Waals surface area contributed by atoms with Crippen molar-refractivity contribution in [3.05, 3.63) is 0 Å². The molecule has 2 aliphatic heterocycles. The molecule has 0 bridgehead atoms. The van der Waals surface area contributed by atoms with Crippen molar-refractivity contribution in [2.24, 2.45) is 11.3 Å². The van der Waals surface area contributed by atoms with Gasteiger partial charge in [-0.2, -0.15) is 0 Å². The second kappa shape index (κ2) is 5.53. The molecule has 2 saturated heterocycles. The lowest BCUT2D eigenvalue weighted by Gasteiger charge is -2.43. The van der Waals surface area contributed by atoms with Gasteiger partial charge in [-0.25, -0.2) is 0 Å². The van der Waals surface area contributed by atoms with Crippen LogP contribution in [0.5, 0.6) is 0 Å². The molecule has 0 spiro atoms. The molecular weight excluding hydrogens is 236 g/mol. The number of fused-ring (bicyclic) bond motifs is 1. The third-order valence-electron chi connectivity index (χ3n) is 5.73. The minimum Gasteiger partial charge on any atom is -0.303 e. The van der Waals surface area contributed by atoms with Gasteiger partial charge in [0.15, 0.2) is 0 Å². The van der Waals surface area contributed by atoms with Gasteiger partial charge in [-0.05, 0) is 51.0 Å². The van der Waals surface area contributed by atoms with E-state index >= 15 is 0 Å². The molecule has 3 aliphatic rings. The highest BCUT2D eigenvalue weighted by atomic mass is 16.1. The third-order valence-corrected chi connectivity index (χ3v) is 5.73. The average Bonchev–Trinajstić information content (AvgIpc) is 2.89. The van der Waals surface area contributed by atoms with Crippen LogP contribution < -0.4 is 0 Å². The Morgan fingerprint density at radius 2 is 1.95 bits per heavy atom. The maximum atomic E-state index is 11.7. The summed E-state index contributed by atoms with van der Waals surface area (Å²) < 4.78 is 0. The first kappa shape index (κ1) is 13.6. The molecule has 3 rings (SSSR count). The van der Waals surface area contributed by atoms with Gasteiger partial charge in [0.2, 0.25) is 0 Å². The number of carbonyl (C=O) groups excluding carboxylic acids is 1. The number of aldehydes is 1. The summed E-state index contributed by atoms with van der Waals surface area (Å²) in [6.07, 6.45) is 8.73. The quantitative estimate of drug-likeness (QED) is 0.730. The van der Waals surface area contributed by atoms with Crippen LogP contribution in [0.15, 0.2) is 0 Å². The van der Waals surface area contributed by atoms with Crippen LogP contribution in [-0.2, 0) is 4.79 Å². The number of hydrogen-bond donors (Lipinski definition) is 0. The van der Waals surface area contributed by atoms with E-state index in [2.05, 4.69) is 16.7 Å². The molecule has 19 heavy (non-hydrogen) atoms. The monoisotopic (exact) mass is 264 g/mol. The van der Waals surface area contributed by atoms with E-state index in [-0.39, 0.29) is 5.41 Å². The van der Waals surface area contributed by atoms with Gasteiger partial charge in [-0.15, -0.1) is 0 Å². The number of carbonyl (C=O) groups is 1. The largest absolute Gasteiger partial charge is 0.303 e. The van der Waals surface area contributed by atoms with Crippen molar-refractivity contribution < 1.29 is 4.79 Å². The average molecular weight is 264 g/mol. The highest BCUT2D eigenvalue weighted by Crippen LogP contribution is 2.38. The zero-order chi connectivity index (χ0) is 13.3. The van der Waals surface area contributed by atoms with Crippen molar-refractivity contribution >= 4 is 6.29 Å². The second-order valence-electron chi connectivity index (χ2n) is 7.23. The summed E-state index contributed by atoms with van der Waals surface area (Å²) >= 11 is 0. The molecule has 1 unspecified atom stereocenters. The van der Waals surface area contributed by atoms with Crippen molar-refractivity contribution in [1.29, 1.82) is 0 Å². The highest BCUT2D eigenvalue weighted by Gasteiger charge is 2.38. The molecule has 0 aromatic carbocycles. The summed E-state index contributed by atoms with van der Waals surface area (Å²) in [5.41, 5.74) is -0.0206. The van der Waals surface area contributed by atoms with Crippen molar-refractivity contribution in [3.63, 3.8) is 0 Å². The molecule has 108 valence electrons. The molecule has 3 heteroatoms. The Labute approximate surface area is 117 Å². The van der Waals surface area contributed by atoms with Crippen LogP contribution in [0.25, 0.3) is 0 Å². The van der Waals surface area contributed by atoms with Crippen LogP contribution in [0.2, 0.25) is 0 Å². The number of piperazine rings is 1. The molecule has 0 aromatic rings. The van der Waals surface area contributed by atoms with Gasteiger partial charge in [0, 0.05) is 37.6 Å². The molecule has 0 radical (unpaired) electrons. The summed E-state index contributed by atoms with van der Waals surface area (Å²) in [6.45, 7) is 8.23. The lowest BCUT2D eigenvalue weighted by molar-refractivity contribution is -0.120. The molecule has 1 saturated carbocycles. The maximum absolute atomic E-state index is 11.7. The SMILES string of the molecule is CC1CCC(C=O)(CN2CCN3CCCC3C2)CC1. The van der Waals surface area contributed by atoms with Gasteiger partial charge < -0.3 is 4.79 Å². The molecule has 1 atom stereocenters. The van der Waals surface area contributed by atoms with E-state index in [0.717, 1.165) is 31.3 Å².